The molecule has 0 aromatic heterocycles. The zero-order chi connectivity index (χ0) is 20.6. The first-order valence-electron chi connectivity index (χ1n) is 8.72. The minimum Gasteiger partial charge on any atom is -0.468 e. The number of benzene rings is 1. The molecular weight excluding hydrogens is 443 g/mol. The number of carbonyl (C=O) groups is 2. The number of carbonyl (C=O) groups excluding carboxylic acids is 2. The molecule has 1 fully saturated rings. The van der Waals surface area contributed by atoms with Gasteiger partial charge in [0.15, 0.2) is 6.93 Å². The number of rotatable bonds is 5. The SMILES string of the molecule is CC.COC(=O)C1C(OC(C)=O)CCCN1Cc1ccc(P(F)Br)c(F)c1. The molecule has 9 heteroatoms. The minimum absolute atomic E-state index is 0.0142. The van der Waals surface area contributed by atoms with Gasteiger partial charge in [0.2, 0.25) is 0 Å². The average Bonchev–Trinajstić information content (AvgIpc) is 2.62. The lowest BCUT2D eigenvalue weighted by Gasteiger charge is -2.38. The molecule has 0 spiro atoms. The van der Waals surface area contributed by atoms with Gasteiger partial charge < -0.3 is 9.47 Å². The van der Waals surface area contributed by atoms with Gasteiger partial charge in [-0.3, -0.25) is 14.5 Å². The lowest BCUT2D eigenvalue weighted by atomic mass is 9.97. The van der Waals surface area contributed by atoms with Crippen molar-refractivity contribution in [1.29, 1.82) is 0 Å². The van der Waals surface area contributed by atoms with Gasteiger partial charge in [0.05, 0.1) is 12.4 Å². The maximum Gasteiger partial charge on any atom is 0.326 e. The molecule has 3 atom stereocenters. The molecule has 1 aromatic carbocycles. The number of ether oxygens (including phenoxy) is 2. The molecule has 1 heterocycles. The Hall–Kier alpha value is -1.11. The highest BCUT2D eigenvalue weighted by atomic mass is 79.9. The first-order chi connectivity index (χ1) is 12.8. The van der Waals surface area contributed by atoms with Gasteiger partial charge in [0.1, 0.15) is 18.0 Å². The third-order valence-electron chi connectivity index (χ3n) is 4.02. The summed E-state index contributed by atoms with van der Waals surface area (Å²) in [5.74, 6) is -1.60. The van der Waals surface area contributed by atoms with Gasteiger partial charge in [0, 0.05) is 13.5 Å². The van der Waals surface area contributed by atoms with E-state index in [1.54, 1.807) is 11.0 Å². The van der Waals surface area contributed by atoms with Crippen LogP contribution in [0.1, 0.15) is 39.2 Å². The average molecular weight is 468 g/mol. The lowest BCUT2D eigenvalue weighted by Crippen LogP contribution is -2.54. The summed E-state index contributed by atoms with van der Waals surface area (Å²) in [6, 6.07) is 3.53. The van der Waals surface area contributed by atoms with Crippen molar-refractivity contribution in [2.75, 3.05) is 13.7 Å². The number of nitrogens with zero attached hydrogens (tertiary/aromatic N) is 1. The zero-order valence-corrected chi connectivity index (χ0v) is 18.4. The van der Waals surface area contributed by atoms with Crippen molar-refractivity contribution in [1.82, 2.24) is 4.90 Å². The van der Waals surface area contributed by atoms with Crippen LogP contribution in [0.2, 0.25) is 0 Å². The Kier molecular flexibility index (Phi) is 10.3. The second kappa shape index (κ2) is 11.7. The van der Waals surface area contributed by atoms with Gasteiger partial charge in [-0.05, 0) is 52.6 Å². The molecule has 1 aliphatic rings. The first-order valence-corrected chi connectivity index (χ1v) is 12.0. The fourth-order valence-electron chi connectivity index (χ4n) is 2.98. The number of esters is 2. The second-order valence-electron chi connectivity index (χ2n) is 5.75. The molecule has 0 saturated carbocycles. The predicted octanol–water partition coefficient (Wildman–Crippen LogP) is 4.22. The minimum atomic E-state index is -2.19. The molecule has 1 aromatic rings. The van der Waals surface area contributed by atoms with Crippen LogP contribution in [0.15, 0.2) is 18.2 Å². The number of hydrogen-bond donors (Lipinski definition) is 0. The van der Waals surface area contributed by atoms with Crippen LogP contribution in [0.25, 0.3) is 0 Å². The Balaban J connectivity index is 0.00000176. The van der Waals surface area contributed by atoms with Crippen LogP contribution in [-0.2, 0) is 25.6 Å². The van der Waals surface area contributed by atoms with Crippen LogP contribution in [-0.4, -0.2) is 42.6 Å². The van der Waals surface area contributed by atoms with Gasteiger partial charge in [0.25, 0.3) is 0 Å². The standard InChI is InChI=1S/C16H19BrF2NO4P.C2H6/c1-10(21)24-13-4-3-7-20(15(13)16(22)23-2)9-11-5-6-14(25(17)19)12(18)8-11;1-2/h5-6,8,13,15H,3-4,7,9H2,1-2H3;1-2H3. The number of hydrogen-bond acceptors (Lipinski definition) is 5. The molecular formula is C18H25BrF2NO4P. The molecule has 1 aliphatic heterocycles. The Morgan fingerprint density at radius 3 is 2.56 bits per heavy atom. The molecule has 27 heavy (non-hydrogen) atoms. The fraction of sp³-hybridized carbons (Fsp3) is 0.556. The van der Waals surface area contributed by atoms with Crippen molar-refractivity contribution in [2.45, 2.75) is 52.3 Å². The van der Waals surface area contributed by atoms with E-state index in [4.69, 9.17) is 9.47 Å². The summed E-state index contributed by atoms with van der Waals surface area (Å²) < 4.78 is 37.4. The zero-order valence-electron chi connectivity index (χ0n) is 15.9. The quantitative estimate of drug-likeness (QED) is 0.479. The Bertz CT molecular complexity index is 648. The van der Waals surface area contributed by atoms with Crippen LogP contribution in [0.5, 0.6) is 0 Å². The van der Waals surface area contributed by atoms with E-state index in [-0.39, 0.29) is 11.8 Å². The van der Waals surface area contributed by atoms with E-state index in [2.05, 4.69) is 15.5 Å². The third kappa shape index (κ3) is 6.77. The highest BCUT2D eigenvalue weighted by Crippen LogP contribution is 2.45. The summed E-state index contributed by atoms with van der Waals surface area (Å²) >= 11 is 2.76. The van der Waals surface area contributed by atoms with Gasteiger partial charge in [-0.2, -0.15) is 0 Å². The fourth-order valence-corrected chi connectivity index (χ4v) is 4.26. The molecule has 1 saturated heterocycles. The highest BCUT2D eigenvalue weighted by Gasteiger charge is 2.39. The maximum absolute atomic E-state index is 14.0. The molecule has 0 bridgehead atoms. The van der Waals surface area contributed by atoms with E-state index in [1.165, 1.54) is 26.2 Å². The Labute approximate surface area is 168 Å². The smallest absolute Gasteiger partial charge is 0.326 e. The Morgan fingerprint density at radius 1 is 1.37 bits per heavy atom. The van der Waals surface area contributed by atoms with Crippen molar-refractivity contribution in [3.05, 3.63) is 29.6 Å². The summed E-state index contributed by atoms with van der Waals surface area (Å²) in [6.45, 7) is 3.94. The molecule has 5 nitrogen and oxygen atoms in total. The number of piperidine rings is 1. The van der Waals surface area contributed by atoms with Gasteiger partial charge >= 0.3 is 11.9 Å². The predicted molar refractivity (Wildman–Crippen MR) is 105 cm³/mol. The van der Waals surface area contributed by atoms with Crippen LogP contribution >= 0.6 is 22.4 Å². The van der Waals surface area contributed by atoms with E-state index in [9.17, 15) is 18.2 Å². The monoisotopic (exact) mass is 467 g/mol. The largest absolute Gasteiger partial charge is 0.468 e. The van der Waals surface area contributed by atoms with Gasteiger partial charge in [-0.1, -0.05) is 19.9 Å². The summed E-state index contributed by atoms with van der Waals surface area (Å²) in [5, 5.41) is -0.0142. The highest BCUT2D eigenvalue weighted by molar-refractivity contribution is 9.39. The van der Waals surface area contributed by atoms with Crippen LogP contribution < -0.4 is 5.30 Å². The van der Waals surface area contributed by atoms with Crippen LogP contribution in [0, 0.1) is 5.82 Å². The van der Waals surface area contributed by atoms with Crippen molar-refractivity contribution in [3.8, 4) is 0 Å². The van der Waals surface area contributed by atoms with E-state index >= 15 is 0 Å². The summed E-state index contributed by atoms with van der Waals surface area (Å²) in [4.78, 5) is 25.3. The Morgan fingerprint density at radius 2 is 2.04 bits per heavy atom. The molecule has 0 amide bonds. The molecule has 0 aliphatic carbocycles. The molecule has 3 unspecified atom stereocenters. The summed E-state index contributed by atoms with van der Waals surface area (Å²) in [6.07, 6.45) is 0.672. The molecule has 0 radical (unpaired) electrons. The third-order valence-corrected chi connectivity index (χ3v) is 5.89. The molecule has 2 rings (SSSR count). The number of halogens is 3. The second-order valence-corrected chi connectivity index (χ2v) is 8.56. The van der Waals surface area contributed by atoms with Crippen LogP contribution in [0.4, 0.5) is 8.59 Å². The summed E-state index contributed by atoms with van der Waals surface area (Å²) in [7, 11) is 1.27. The number of methoxy groups -OCH3 is 1. The summed E-state index contributed by atoms with van der Waals surface area (Å²) in [5.41, 5.74) is 0.600. The van der Waals surface area contributed by atoms with E-state index in [1.807, 2.05) is 13.8 Å². The van der Waals surface area contributed by atoms with Gasteiger partial charge in [-0.25, -0.2) is 8.59 Å². The lowest BCUT2D eigenvalue weighted by molar-refractivity contribution is -0.165. The first kappa shape index (κ1) is 23.9. The van der Waals surface area contributed by atoms with Crippen molar-refractivity contribution >= 4 is 39.7 Å². The normalized spacial score (nSPS) is 20.9. The maximum atomic E-state index is 14.0. The number of likely N-dealkylation sites (tertiary alicyclic amines) is 1. The molecule has 152 valence electrons. The van der Waals surface area contributed by atoms with Crippen molar-refractivity contribution in [3.63, 3.8) is 0 Å². The van der Waals surface area contributed by atoms with Crippen molar-refractivity contribution < 1.29 is 27.7 Å². The topological polar surface area (TPSA) is 55.8 Å². The molecule has 0 N–H and O–H groups in total. The van der Waals surface area contributed by atoms with Crippen molar-refractivity contribution in [2.24, 2.45) is 0 Å². The van der Waals surface area contributed by atoms with E-state index in [0.29, 0.717) is 18.5 Å². The van der Waals surface area contributed by atoms with Gasteiger partial charge in [-0.15, -0.1) is 0 Å². The van der Waals surface area contributed by atoms with E-state index in [0.717, 1.165) is 6.42 Å². The van der Waals surface area contributed by atoms with E-state index < -0.39 is 36.8 Å². The van der Waals surface area contributed by atoms with Crippen LogP contribution in [0.3, 0.4) is 0 Å².